The van der Waals surface area contributed by atoms with E-state index >= 15 is 0 Å². The Morgan fingerprint density at radius 1 is 1.21 bits per heavy atom. The highest BCUT2D eigenvalue weighted by molar-refractivity contribution is 7.87. The first kappa shape index (κ1) is 15.2. The summed E-state index contributed by atoms with van der Waals surface area (Å²) in [6.07, 6.45) is 2.80. The molecule has 2 unspecified atom stereocenters. The van der Waals surface area contributed by atoms with Crippen LogP contribution in [0.15, 0.2) is 0 Å². The maximum Gasteiger partial charge on any atom is 0.279 e. The SMILES string of the molecule is CN1CCC(CNS(=O)(=O)N2CCCC(CO)C2)C1. The van der Waals surface area contributed by atoms with Crippen molar-refractivity contribution in [3.63, 3.8) is 0 Å². The fraction of sp³-hybridized carbons (Fsp3) is 1.00. The van der Waals surface area contributed by atoms with Crippen LogP contribution >= 0.6 is 0 Å². The standard InChI is InChI=1S/C12H25N3O3S/c1-14-6-4-11(8-14)7-13-19(17,18)15-5-2-3-12(9-15)10-16/h11-13,16H,2-10H2,1H3. The second-order valence-electron chi connectivity index (χ2n) is 5.82. The first-order valence-corrected chi connectivity index (χ1v) is 8.49. The predicted octanol–water partition coefficient (Wildman–Crippen LogP) is -0.523. The summed E-state index contributed by atoms with van der Waals surface area (Å²) in [4.78, 5) is 2.22. The summed E-state index contributed by atoms with van der Waals surface area (Å²) in [5.41, 5.74) is 0. The molecule has 6 nitrogen and oxygen atoms in total. The predicted molar refractivity (Wildman–Crippen MR) is 73.9 cm³/mol. The van der Waals surface area contributed by atoms with Crippen LogP contribution in [0.2, 0.25) is 0 Å². The molecular formula is C12H25N3O3S. The molecule has 0 amide bonds. The van der Waals surface area contributed by atoms with Gasteiger partial charge in [0.25, 0.3) is 10.2 Å². The minimum Gasteiger partial charge on any atom is -0.396 e. The summed E-state index contributed by atoms with van der Waals surface area (Å²) in [6.45, 7) is 3.60. The van der Waals surface area contributed by atoms with E-state index in [2.05, 4.69) is 16.7 Å². The van der Waals surface area contributed by atoms with Gasteiger partial charge in [-0.15, -0.1) is 0 Å². The van der Waals surface area contributed by atoms with Gasteiger partial charge in [0.15, 0.2) is 0 Å². The Hall–Kier alpha value is -0.210. The Kier molecular flexibility index (Phi) is 5.19. The molecule has 2 heterocycles. The van der Waals surface area contributed by atoms with E-state index < -0.39 is 10.2 Å². The number of nitrogens with one attached hydrogen (secondary N) is 1. The number of aliphatic hydroxyl groups excluding tert-OH is 1. The normalized spacial score (nSPS) is 30.8. The Labute approximate surface area is 116 Å². The minimum absolute atomic E-state index is 0.0689. The van der Waals surface area contributed by atoms with E-state index in [1.807, 2.05) is 0 Å². The lowest BCUT2D eigenvalue weighted by molar-refractivity contribution is 0.164. The molecule has 2 atom stereocenters. The monoisotopic (exact) mass is 291 g/mol. The molecule has 0 saturated carbocycles. The second kappa shape index (κ2) is 6.49. The zero-order valence-corrected chi connectivity index (χ0v) is 12.4. The second-order valence-corrected chi connectivity index (χ2v) is 7.57. The molecule has 2 aliphatic rings. The van der Waals surface area contributed by atoms with Crippen molar-refractivity contribution >= 4 is 10.2 Å². The van der Waals surface area contributed by atoms with E-state index in [1.165, 1.54) is 4.31 Å². The van der Waals surface area contributed by atoms with Gasteiger partial charge in [-0.25, -0.2) is 4.72 Å². The van der Waals surface area contributed by atoms with Crippen molar-refractivity contribution in [2.45, 2.75) is 19.3 Å². The van der Waals surface area contributed by atoms with E-state index in [1.54, 1.807) is 0 Å². The van der Waals surface area contributed by atoms with Crippen molar-refractivity contribution < 1.29 is 13.5 Å². The summed E-state index contributed by atoms with van der Waals surface area (Å²) < 4.78 is 28.6. The summed E-state index contributed by atoms with van der Waals surface area (Å²) in [5.74, 6) is 0.501. The Bertz CT molecular complexity index is 388. The summed E-state index contributed by atoms with van der Waals surface area (Å²) in [5, 5.41) is 9.16. The van der Waals surface area contributed by atoms with Crippen molar-refractivity contribution in [1.82, 2.24) is 13.9 Å². The third kappa shape index (κ3) is 4.13. The van der Waals surface area contributed by atoms with Crippen LogP contribution in [-0.4, -0.2) is 69.1 Å². The van der Waals surface area contributed by atoms with E-state index in [9.17, 15) is 8.42 Å². The summed E-state index contributed by atoms with van der Waals surface area (Å²) in [7, 11) is -1.32. The highest BCUT2D eigenvalue weighted by Gasteiger charge is 2.29. The molecule has 7 heteroatoms. The molecule has 2 rings (SSSR count). The fourth-order valence-electron chi connectivity index (χ4n) is 2.90. The van der Waals surface area contributed by atoms with Gasteiger partial charge in [-0.05, 0) is 44.7 Å². The van der Waals surface area contributed by atoms with E-state index in [0.717, 1.165) is 32.4 Å². The Balaban J connectivity index is 1.83. The van der Waals surface area contributed by atoms with Crippen LogP contribution in [0.4, 0.5) is 0 Å². The van der Waals surface area contributed by atoms with Crippen LogP contribution in [0.5, 0.6) is 0 Å². The van der Waals surface area contributed by atoms with Crippen molar-refractivity contribution in [2.75, 3.05) is 46.4 Å². The lowest BCUT2D eigenvalue weighted by Gasteiger charge is -2.31. The number of hydrogen-bond donors (Lipinski definition) is 2. The molecule has 2 fully saturated rings. The van der Waals surface area contributed by atoms with E-state index in [4.69, 9.17) is 5.11 Å². The molecule has 0 aromatic rings. The van der Waals surface area contributed by atoms with Crippen molar-refractivity contribution in [2.24, 2.45) is 11.8 Å². The van der Waals surface area contributed by atoms with Crippen molar-refractivity contribution in [3.8, 4) is 0 Å². The Morgan fingerprint density at radius 3 is 2.63 bits per heavy atom. The van der Waals surface area contributed by atoms with Crippen molar-refractivity contribution in [1.29, 1.82) is 0 Å². The van der Waals surface area contributed by atoms with Crippen molar-refractivity contribution in [3.05, 3.63) is 0 Å². The zero-order chi connectivity index (χ0) is 13.9. The maximum absolute atomic E-state index is 12.2. The molecule has 0 aromatic carbocycles. The third-order valence-electron chi connectivity index (χ3n) is 4.12. The van der Waals surface area contributed by atoms with Gasteiger partial charge in [-0.2, -0.15) is 12.7 Å². The molecule has 0 bridgehead atoms. The highest BCUT2D eigenvalue weighted by Crippen LogP contribution is 2.19. The van der Waals surface area contributed by atoms with Crippen LogP contribution in [0, 0.1) is 11.8 Å². The number of aliphatic hydroxyl groups is 1. The summed E-state index contributed by atoms with van der Waals surface area (Å²) >= 11 is 0. The van der Waals surface area contributed by atoms with Gasteiger partial charge in [0.2, 0.25) is 0 Å². The smallest absolute Gasteiger partial charge is 0.279 e. The van der Waals surface area contributed by atoms with Gasteiger partial charge in [-0.3, -0.25) is 0 Å². The number of nitrogens with zero attached hydrogens (tertiary/aromatic N) is 2. The van der Waals surface area contributed by atoms with Crippen LogP contribution in [0.25, 0.3) is 0 Å². The number of likely N-dealkylation sites (tertiary alicyclic amines) is 1. The number of piperidine rings is 1. The molecule has 112 valence electrons. The van der Waals surface area contributed by atoms with E-state index in [-0.39, 0.29) is 12.5 Å². The maximum atomic E-state index is 12.2. The topological polar surface area (TPSA) is 72.9 Å². The van der Waals surface area contributed by atoms with Gasteiger partial charge in [0, 0.05) is 32.8 Å². The first-order valence-electron chi connectivity index (χ1n) is 7.05. The number of hydrogen-bond acceptors (Lipinski definition) is 4. The van der Waals surface area contributed by atoms with Gasteiger partial charge < -0.3 is 10.0 Å². The van der Waals surface area contributed by atoms with Gasteiger partial charge in [0.05, 0.1) is 0 Å². The average Bonchev–Trinajstić information content (AvgIpc) is 2.82. The van der Waals surface area contributed by atoms with Gasteiger partial charge in [0.1, 0.15) is 0 Å². The molecule has 2 saturated heterocycles. The molecule has 0 radical (unpaired) electrons. The minimum atomic E-state index is -3.38. The number of rotatable bonds is 5. The molecule has 0 aliphatic carbocycles. The lowest BCUT2D eigenvalue weighted by atomic mass is 10.0. The molecule has 0 aromatic heterocycles. The quantitative estimate of drug-likeness (QED) is 0.715. The van der Waals surface area contributed by atoms with Crippen LogP contribution < -0.4 is 4.72 Å². The Morgan fingerprint density at radius 2 is 2.00 bits per heavy atom. The highest BCUT2D eigenvalue weighted by atomic mass is 32.2. The summed E-state index contributed by atoms with van der Waals surface area (Å²) in [6, 6.07) is 0. The average molecular weight is 291 g/mol. The van der Waals surface area contributed by atoms with Gasteiger partial charge in [-0.1, -0.05) is 0 Å². The lowest BCUT2D eigenvalue weighted by Crippen LogP contribution is -2.47. The molecule has 2 aliphatic heterocycles. The first-order chi connectivity index (χ1) is 9.01. The molecule has 2 N–H and O–H groups in total. The zero-order valence-electron chi connectivity index (χ0n) is 11.6. The van der Waals surface area contributed by atoms with Gasteiger partial charge >= 0.3 is 0 Å². The van der Waals surface area contributed by atoms with Crippen LogP contribution in [-0.2, 0) is 10.2 Å². The largest absolute Gasteiger partial charge is 0.396 e. The van der Waals surface area contributed by atoms with Crippen LogP contribution in [0.1, 0.15) is 19.3 Å². The third-order valence-corrected chi connectivity index (χ3v) is 5.67. The van der Waals surface area contributed by atoms with Crippen LogP contribution in [0.3, 0.4) is 0 Å². The molecule has 19 heavy (non-hydrogen) atoms. The fourth-order valence-corrected chi connectivity index (χ4v) is 4.31. The molecule has 0 spiro atoms. The molecular weight excluding hydrogens is 266 g/mol. The van der Waals surface area contributed by atoms with E-state index in [0.29, 0.717) is 25.6 Å².